The van der Waals surface area contributed by atoms with E-state index in [1.807, 2.05) is 29.2 Å². The Morgan fingerprint density at radius 3 is 2.73 bits per heavy atom. The minimum Gasteiger partial charge on any atom is -0.490 e. The Hall–Kier alpha value is -2.39. The third-order valence-corrected chi connectivity index (χ3v) is 5.98. The van der Waals surface area contributed by atoms with E-state index in [0.29, 0.717) is 52.2 Å². The fraction of sp³-hybridized carbons (Fsp3) is 0.476. The second-order valence-electron chi connectivity index (χ2n) is 7.49. The minimum atomic E-state index is -0.211. The second kappa shape index (κ2) is 9.61. The van der Waals surface area contributed by atoms with E-state index >= 15 is 0 Å². The van der Waals surface area contributed by atoms with Gasteiger partial charge in [-0.25, -0.2) is 0 Å². The van der Waals surface area contributed by atoms with Gasteiger partial charge in [-0.3, -0.25) is 9.59 Å². The van der Waals surface area contributed by atoms with E-state index in [0.717, 1.165) is 10.2 Å². The SMILES string of the molecule is O=C(C[C@H]1CN(C(=O)c2ccno2)CC[C@@H]1Oc1cccc(Br)c1)N1CCOCC1. The average molecular weight is 478 g/mol. The molecule has 8 nitrogen and oxygen atoms in total. The highest BCUT2D eigenvalue weighted by atomic mass is 79.9. The molecule has 0 spiro atoms. The molecule has 2 aliphatic rings. The van der Waals surface area contributed by atoms with E-state index in [-0.39, 0.29) is 29.6 Å². The quantitative estimate of drug-likeness (QED) is 0.657. The number of carbonyl (C=O) groups excluding carboxylic acids is 2. The first-order chi connectivity index (χ1) is 14.6. The van der Waals surface area contributed by atoms with Gasteiger partial charge >= 0.3 is 0 Å². The van der Waals surface area contributed by atoms with Crippen molar-refractivity contribution < 1.29 is 23.6 Å². The molecule has 3 heterocycles. The molecule has 0 saturated carbocycles. The lowest BCUT2D eigenvalue weighted by Crippen LogP contribution is -2.50. The summed E-state index contributed by atoms with van der Waals surface area (Å²) in [5, 5.41) is 3.62. The summed E-state index contributed by atoms with van der Waals surface area (Å²) in [5.74, 6) is 0.685. The maximum atomic E-state index is 12.9. The zero-order valence-electron chi connectivity index (χ0n) is 16.5. The van der Waals surface area contributed by atoms with Gasteiger partial charge in [0.15, 0.2) is 0 Å². The number of rotatable bonds is 5. The second-order valence-corrected chi connectivity index (χ2v) is 8.40. The van der Waals surface area contributed by atoms with Gasteiger partial charge in [0.1, 0.15) is 11.9 Å². The lowest BCUT2D eigenvalue weighted by molar-refractivity contribution is -0.137. The van der Waals surface area contributed by atoms with Gasteiger partial charge < -0.3 is 23.8 Å². The first-order valence-electron chi connectivity index (χ1n) is 10.1. The van der Waals surface area contributed by atoms with Crippen molar-refractivity contribution in [1.29, 1.82) is 0 Å². The first kappa shape index (κ1) is 20.9. The Balaban J connectivity index is 1.48. The van der Waals surface area contributed by atoms with Crippen LogP contribution in [0.3, 0.4) is 0 Å². The van der Waals surface area contributed by atoms with Crippen LogP contribution in [0.4, 0.5) is 0 Å². The van der Waals surface area contributed by atoms with Crippen molar-refractivity contribution in [2.45, 2.75) is 18.9 Å². The Bertz CT molecular complexity index is 869. The summed E-state index contributed by atoms with van der Waals surface area (Å²) in [5.41, 5.74) is 0. The molecule has 0 unspecified atom stereocenters. The normalized spacial score (nSPS) is 22.0. The molecule has 9 heteroatoms. The molecule has 2 saturated heterocycles. The number of hydrogen-bond donors (Lipinski definition) is 0. The summed E-state index contributed by atoms with van der Waals surface area (Å²) in [6.45, 7) is 3.27. The molecule has 2 amide bonds. The highest BCUT2D eigenvalue weighted by Crippen LogP contribution is 2.28. The number of morpholine rings is 1. The van der Waals surface area contributed by atoms with Gasteiger partial charge in [0, 0.05) is 55.5 Å². The van der Waals surface area contributed by atoms with Gasteiger partial charge in [-0.15, -0.1) is 0 Å². The molecule has 2 aliphatic heterocycles. The molecule has 160 valence electrons. The van der Waals surface area contributed by atoms with E-state index in [1.54, 1.807) is 11.0 Å². The Morgan fingerprint density at radius 1 is 1.17 bits per heavy atom. The number of ether oxygens (including phenoxy) is 2. The van der Waals surface area contributed by atoms with Crippen LogP contribution in [0.25, 0.3) is 0 Å². The van der Waals surface area contributed by atoms with E-state index in [9.17, 15) is 9.59 Å². The topological polar surface area (TPSA) is 85.1 Å². The van der Waals surface area contributed by atoms with Crippen molar-refractivity contribution in [3.8, 4) is 5.75 Å². The van der Waals surface area contributed by atoms with Crippen LogP contribution in [0, 0.1) is 5.92 Å². The molecule has 2 fully saturated rings. The molecule has 0 aliphatic carbocycles. The zero-order chi connectivity index (χ0) is 20.9. The Labute approximate surface area is 183 Å². The Morgan fingerprint density at radius 2 is 2.00 bits per heavy atom. The molecule has 2 atom stereocenters. The summed E-state index contributed by atoms with van der Waals surface area (Å²) in [4.78, 5) is 29.2. The van der Waals surface area contributed by atoms with Crippen molar-refractivity contribution >= 4 is 27.7 Å². The van der Waals surface area contributed by atoms with Crippen molar-refractivity contribution in [1.82, 2.24) is 15.0 Å². The predicted molar refractivity (Wildman–Crippen MR) is 111 cm³/mol. The smallest absolute Gasteiger partial charge is 0.292 e. The van der Waals surface area contributed by atoms with Crippen molar-refractivity contribution in [3.63, 3.8) is 0 Å². The summed E-state index contributed by atoms with van der Waals surface area (Å²) in [7, 11) is 0. The molecule has 1 aromatic heterocycles. The number of likely N-dealkylation sites (tertiary alicyclic amines) is 1. The summed E-state index contributed by atoms with van der Waals surface area (Å²) >= 11 is 3.46. The van der Waals surface area contributed by atoms with Crippen LogP contribution >= 0.6 is 15.9 Å². The van der Waals surface area contributed by atoms with Crippen molar-refractivity contribution in [3.05, 3.63) is 46.8 Å². The fourth-order valence-electron chi connectivity index (χ4n) is 3.91. The predicted octanol–water partition coefficient (Wildman–Crippen LogP) is 2.60. The molecule has 0 N–H and O–H groups in total. The lowest BCUT2D eigenvalue weighted by atomic mass is 9.90. The maximum Gasteiger partial charge on any atom is 0.292 e. The zero-order valence-corrected chi connectivity index (χ0v) is 18.1. The molecule has 2 aromatic rings. The Kier molecular flexibility index (Phi) is 6.69. The van der Waals surface area contributed by atoms with Crippen LogP contribution in [0.5, 0.6) is 5.75 Å². The van der Waals surface area contributed by atoms with Gasteiger partial charge in [0.05, 0.1) is 19.4 Å². The van der Waals surface area contributed by atoms with Gasteiger partial charge in [-0.2, -0.15) is 0 Å². The molecular weight excluding hydrogens is 454 g/mol. The third-order valence-electron chi connectivity index (χ3n) is 5.48. The third kappa shape index (κ3) is 5.02. The van der Waals surface area contributed by atoms with Gasteiger partial charge in [-0.05, 0) is 18.2 Å². The molecule has 0 radical (unpaired) electrons. The molecule has 30 heavy (non-hydrogen) atoms. The number of hydrogen-bond acceptors (Lipinski definition) is 6. The van der Waals surface area contributed by atoms with Crippen LogP contribution in [0.15, 0.2) is 45.5 Å². The number of carbonyl (C=O) groups is 2. The van der Waals surface area contributed by atoms with Gasteiger partial charge in [0.2, 0.25) is 11.7 Å². The molecule has 4 rings (SSSR count). The highest BCUT2D eigenvalue weighted by Gasteiger charge is 2.36. The molecule has 1 aromatic carbocycles. The number of halogens is 1. The fourth-order valence-corrected chi connectivity index (χ4v) is 4.29. The monoisotopic (exact) mass is 477 g/mol. The van der Waals surface area contributed by atoms with E-state index in [4.69, 9.17) is 14.0 Å². The van der Waals surface area contributed by atoms with Crippen LogP contribution < -0.4 is 4.74 Å². The lowest BCUT2D eigenvalue weighted by Gasteiger charge is -2.39. The van der Waals surface area contributed by atoms with Gasteiger partial charge in [0.25, 0.3) is 5.91 Å². The largest absolute Gasteiger partial charge is 0.490 e. The van der Waals surface area contributed by atoms with Crippen LogP contribution in [0.2, 0.25) is 0 Å². The number of piperidine rings is 1. The van der Waals surface area contributed by atoms with Crippen molar-refractivity contribution in [2.75, 3.05) is 39.4 Å². The summed E-state index contributed by atoms with van der Waals surface area (Å²) < 4.78 is 17.6. The maximum absolute atomic E-state index is 12.9. The number of nitrogens with zero attached hydrogens (tertiary/aromatic N) is 3. The van der Waals surface area contributed by atoms with E-state index in [2.05, 4.69) is 21.1 Å². The van der Waals surface area contributed by atoms with E-state index < -0.39 is 0 Å². The average Bonchev–Trinajstić information content (AvgIpc) is 3.30. The van der Waals surface area contributed by atoms with Crippen LogP contribution in [-0.2, 0) is 9.53 Å². The van der Waals surface area contributed by atoms with Gasteiger partial charge in [-0.1, -0.05) is 27.2 Å². The first-order valence-corrected chi connectivity index (χ1v) is 10.9. The number of aromatic nitrogens is 1. The van der Waals surface area contributed by atoms with E-state index in [1.165, 1.54) is 6.20 Å². The van der Waals surface area contributed by atoms with Crippen molar-refractivity contribution in [2.24, 2.45) is 5.92 Å². The summed E-state index contributed by atoms with van der Waals surface area (Å²) in [6.07, 6.45) is 2.24. The summed E-state index contributed by atoms with van der Waals surface area (Å²) in [6, 6.07) is 9.21. The number of amides is 2. The van der Waals surface area contributed by atoms with Crippen LogP contribution in [-0.4, -0.2) is 72.3 Å². The van der Waals surface area contributed by atoms with Crippen LogP contribution in [0.1, 0.15) is 23.4 Å². The minimum absolute atomic E-state index is 0.0695. The highest BCUT2D eigenvalue weighted by molar-refractivity contribution is 9.10. The molecule has 0 bridgehead atoms. The number of benzene rings is 1. The molecular formula is C21H24BrN3O5. The standard InChI is InChI=1S/C21H24BrN3O5/c22-16-2-1-3-17(13-16)29-18-5-7-25(21(27)19-4-6-23-30-19)14-15(18)12-20(26)24-8-10-28-11-9-24/h1-4,6,13,15,18H,5,7-12,14H2/t15-,18-/m0/s1.